The number of hydrogen-bond donors (Lipinski definition) is 1. The Morgan fingerprint density at radius 1 is 1.38 bits per heavy atom. The highest BCUT2D eigenvalue weighted by Crippen LogP contribution is 2.21. The van der Waals surface area contributed by atoms with Gasteiger partial charge in [0.15, 0.2) is 0 Å². The molecule has 0 spiro atoms. The molecule has 1 fully saturated rings. The maximum atomic E-state index is 5.34. The predicted molar refractivity (Wildman–Crippen MR) is 88.7 cm³/mol. The average molecular weight is 290 g/mol. The van der Waals surface area contributed by atoms with Crippen LogP contribution in [0.25, 0.3) is 0 Å². The van der Waals surface area contributed by atoms with Crippen molar-refractivity contribution in [2.75, 3.05) is 20.2 Å². The molecule has 1 N–H and O–H groups in total. The zero-order valence-corrected chi connectivity index (χ0v) is 13.9. The third kappa shape index (κ3) is 4.21. The fourth-order valence-electron chi connectivity index (χ4n) is 3.15. The smallest absolute Gasteiger partial charge is 0.119 e. The minimum Gasteiger partial charge on any atom is -0.497 e. The number of methoxy groups -OCH3 is 1. The number of benzene rings is 1. The Morgan fingerprint density at radius 3 is 2.86 bits per heavy atom. The van der Waals surface area contributed by atoms with E-state index in [1.54, 1.807) is 7.11 Å². The third-order valence-corrected chi connectivity index (χ3v) is 4.89. The molecule has 2 rings (SSSR count). The molecule has 0 amide bonds. The van der Waals surface area contributed by atoms with Crippen LogP contribution < -0.4 is 10.1 Å². The zero-order valence-electron chi connectivity index (χ0n) is 13.9. The molecule has 0 aromatic heterocycles. The summed E-state index contributed by atoms with van der Waals surface area (Å²) < 4.78 is 5.34. The Morgan fingerprint density at radius 2 is 2.19 bits per heavy atom. The molecule has 21 heavy (non-hydrogen) atoms. The maximum absolute atomic E-state index is 5.34. The summed E-state index contributed by atoms with van der Waals surface area (Å²) in [6.07, 6.45) is 2.44. The van der Waals surface area contributed by atoms with Crippen LogP contribution in [0.15, 0.2) is 24.3 Å². The average Bonchev–Trinajstić information content (AvgIpc) is 2.54. The minimum atomic E-state index is 0.614. The summed E-state index contributed by atoms with van der Waals surface area (Å²) in [5.41, 5.74) is 1.35. The number of rotatable bonds is 6. The largest absolute Gasteiger partial charge is 0.497 e. The summed E-state index contributed by atoms with van der Waals surface area (Å²) in [6.45, 7) is 10.2. The van der Waals surface area contributed by atoms with Crippen molar-refractivity contribution in [3.05, 3.63) is 29.8 Å². The standard InChI is InChI=1S/C18H30N2O/c1-5-14(3)18-13-20(16(6-2)11-19-18)12-15-8-7-9-17(10-15)21-4/h7-10,14,16,18-19H,5-6,11-13H2,1-4H3. The second-order valence-corrected chi connectivity index (χ2v) is 6.24. The highest BCUT2D eigenvalue weighted by atomic mass is 16.5. The van der Waals surface area contributed by atoms with E-state index in [1.807, 2.05) is 6.07 Å². The molecular formula is C18H30N2O. The fourth-order valence-corrected chi connectivity index (χ4v) is 3.15. The number of hydrogen-bond acceptors (Lipinski definition) is 3. The molecule has 0 bridgehead atoms. The van der Waals surface area contributed by atoms with Crippen molar-refractivity contribution >= 4 is 0 Å². The normalized spacial score (nSPS) is 24.8. The fraction of sp³-hybridized carbons (Fsp3) is 0.667. The molecule has 0 aliphatic carbocycles. The first kappa shape index (κ1) is 16.3. The van der Waals surface area contributed by atoms with E-state index in [0.29, 0.717) is 12.1 Å². The van der Waals surface area contributed by atoms with Crippen LogP contribution in [0.1, 0.15) is 39.2 Å². The first-order valence-electron chi connectivity index (χ1n) is 8.28. The Balaban J connectivity index is 2.06. The van der Waals surface area contributed by atoms with E-state index in [9.17, 15) is 0 Å². The molecule has 1 heterocycles. The van der Waals surface area contributed by atoms with Crippen LogP contribution in [0.2, 0.25) is 0 Å². The lowest BCUT2D eigenvalue weighted by Gasteiger charge is -2.42. The van der Waals surface area contributed by atoms with E-state index in [1.165, 1.54) is 18.4 Å². The molecule has 1 saturated heterocycles. The summed E-state index contributed by atoms with van der Waals surface area (Å²) in [5, 5.41) is 3.74. The van der Waals surface area contributed by atoms with Crippen molar-refractivity contribution < 1.29 is 4.74 Å². The highest BCUT2D eigenvalue weighted by Gasteiger charge is 2.29. The summed E-state index contributed by atoms with van der Waals surface area (Å²) in [4.78, 5) is 2.64. The van der Waals surface area contributed by atoms with Crippen molar-refractivity contribution in [1.82, 2.24) is 10.2 Å². The van der Waals surface area contributed by atoms with Gasteiger partial charge in [-0.05, 0) is 30.0 Å². The number of nitrogens with zero attached hydrogens (tertiary/aromatic N) is 1. The van der Waals surface area contributed by atoms with Crippen LogP contribution in [-0.2, 0) is 6.54 Å². The molecule has 1 aliphatic rings. The Bertz CT molecular complexity index is 435. The Kier molecular flexibility index (Phi) is 6.07. The summed E-state index contributed by atoms with van der Waals surface area (Å²) in [7, 11) is 1.73. The highest BCUT2D eigenvalue weighted by molar-refractivity contribution is 5.28. The van der Waals surface area contributed by atoms with Crippen LogP contribution >= 0.6 is 0 Å². The summed E-state index contributed by atoms with van der Waals surface area (Å²) >= 11 is 0. The van der Waals surface area contributed by atoms with Gasteiger partial charge in [0.2, 0.25) is 0 Å². The van der Waals surface area contributed by atoms with Gasteiger partial charge in [-0.1, -0.05) is 39.3 Å². The molecule has 3 heteroatoms. The van der Waals surface area contributed by atoms with E-state index in [4.69, 9.17) is 4.74 Å². The van der Waals surface area contributed by atoms with E-state index in [0.717, 1.165) is 31.3 Å². The lowest BCUT2D eigenvalue weighted by Crippen LogP contribution is -2.57. The minimum absolute atomic E-state index is 0.614. The zero-order chi connectivity index (χ0) is 15.2. The third-order valence-electron chi connectivity index (χ3n) is 4.89. The van der Waals surface area contributed by atoms with Crippen LogP contribution in [0.3, 0.4) is 0 Å². The van der Waals surface area contributed by atoms with Crippen LogP contribution in [0.5, 0.6) is 5.75 Å². The lowest BCUT2D eigenvalue weighted by atomic mass is 9.94. The summed E-state index contributed by atoms with van der Waals surface area (Å²) in [5.74, 6) is 1.68. The Labute approximate surface area is 129 Å². The van der Waals surface area contributed by atoms with E-state index in [-0.39, 0.29) is 0 Å². The van der Waals surface area contributed by atoms with Crippen molar-refractivity contribution in [2.45, 2.75) is 52.2 Å². The topological polar surface area (TPSA) is 24.5 Å². The molecule has 118 valence electrons. The van der Waals surface area contributed by atoms with Crippen LogP contribution in [0, 0.1) is 5.92 Å². The number of ether oxygens (including phenoxy) is 1. The number of piperazine rings is 1. The van der Waals surface area contributed by atoms with Gasteiger partial charge in [0, 0.05) is 31.7 Å². The van der Waals surface area contributed by atoms with Gasteiger partial charge >= 0.3 is 0 Å². The van der Waals surface area contributed by atoms with Crippen molar-refractivity contribution in [2.24, 2.45) is 5.92 Å². The van der Waals surface area contributed by atoms with E-state index < -0.39 is 0 Å². The van der Waals surface area contributed by atoms with Gasteiger partial charge in [0.05, 0.1) is 7.11 Å². The molecule has 1 aromatic carbocycles. The van der Waals surface area contributed by atoms with Crippen LogP contribution in [0.4, 0.5) is 0 Å². The SMILES string of the molecule is CCC(C)C1CN(Cc2cccc(OC)c2)C(CC)CN1. The van der Waals surface area contributed by atoms with Crippen LogP contribution in [-0.4, -0.2) is 37.2 Å². The number of nitrogens with one attached hydrogen (secondary N) is 1. The molecule has 3 atom stereocenters. The van der Waals surface area contributed by atoms with E-state index in [2.05, 4.69) is 49.2 Å². The van der Waals surface area contributed by atoms with Crippen molar-refractivity contribution in [3.8, 4) is 5.75 Å². The van der Waals surface area contributed by atoms with Crippen molar-refractivity contribution in [1.29, 1.82) is 0 Å². The molecule has 1 aromatic rings. The van der Waals surface area contributed by atoms with E-state index >= 15 is 0 Å². The first-order chi connectivity index (χ1) is 10.2. The monoisotopic (exact) mass is 290 g/mol. The van der Waals surface area contributed by atoms with Gasteiger partial charge in [-0.2, -0.15) is 0 Å². The predicted octanol–water partition coefficient (Wildman–Crippen LogP) is 3.29. The molecule has 3 nitrogen and oxygen atoms in total. The van der Waals surface area contributed by atoms with Gasteiger partial charge in [-0.25, -0.2) is 0 Å². The summed E-state index contributed by atoms with van der Waals surface area (Å²) in [6, 6.07) is 9.71. The molecule has 3 unspecified atom stereocenters. The molecule has 0 radical (unpaired) electrons. The van der Waals surface area contributed by atoms with Gasteiger partial charge in [-0.3, -0.25) is 4.90 Å². The van der Waals surface area contributed by atoms with Gasteiger partial charge in [0.1, 0.15) is 5.75 Å². The Hall–Kier alpha value is -1.06. The molecule has 0 saturated carbocycles. The van der Waals surface area contributed by atoms with Crippen molar-refractivity contribution in [3.63, 3.8) is 0 Å². The molecule has 1 aliphatic heterocycles. The molecular weight excluding hydrogens is 260 g/mol. The van der Waals surface area contributed by atoms with Gasteiger partial charge < -0.3 is 10.1 Å². The first-order valence-corrected chi connectivity index (χ1v) is 8.28. The quantitative estimate of drug-likeness (QED) is 0.870. The second kappa shape index (κ2) is 7.81. The maximum Gasteiger partial charge on any atom is 0.119 e. The lowest BCUT2D eigenvalue weighted by molar-refractivity contribution is 0.0992. The second-order valence-electron chi connectivity index (χ2n) is 6.24. The van der Waals surface area contributed by atoms with Gasteiger partial charge in [-0.15, -0.1) is 0 Å². The van der Waals surface area contributed by atoms with Gasteiger partial charge in [0.25, 0.3) is 0 Å².